The van der Waals surface area contributed by atoms with Crippen LogP contribution in [0.3, 0.4) is 0 Å². The van der Waals surface area contributed by atoms with E-state index in [0.29, 0.717) is 6.54 Å². The van der Waals surface area contributed by atoms with Gasteiger partial charge in [0.25, 0.3) is 0 Å². The van der Waals surface area contributed by atoms with E-state index in [1.165, 1.54) is 0 Å². The molecule has 1 aromatic rings. The number of nitrogens with one attached hydrogen (secondary N) is 2. The lowest BCUT2D eigenvalue weighted by atomic mass is 10.1. The molecule has 0 spiro atoms. The van der Waals surface area contributed by atoms with E-state index in [9.17, 15) is 4.79 Å². The molecule has 88 valence electrons. The molecule has 0 aliphatic rings. The van der Waals surface area contributed by atoms with Crippen molar-refractivity contribution in [2.24, 2.45) is 0 Å². The van der Waals surface area contributed by atoms with Gasteiger partial charge in [-0.05, 0) is 30.5 Å². The maximum Gasteiger partial charge on any atom is 0.319 e. The third-order valence-electron chi connectivity index (χ3n) is 2.32. The van der Waals surface area contributed by atoms with Crippen LogP contribution < -0.4 is 16.4 Å². The number of carbonyl (C=O) groups excluding carboxylic acids is 1. The summed E-state index contributed by atoms with van der Waals surface area (Å²) in [5, 5.41) is 5.48. The van der Waals surface area contributed by atoms with Gasteiger partial charge in [0.15, 0.2) is 0 Å². The van der Waals surface area contributed by atoms with E-state index in [1.807, 2.05) is 26.0 Å². The van der Waals surface area contributed by atoms with E-state index in [4.69, 9.17) is 5.73 Å². The average molecular weight is 221 g/mol. The van der Waals surface area contributed by atoms with Crippen molar-refractivity contribution < 1.29 is 4.79 Å². The Morgan fingerprint density at radius 1 is 1.38 bits per heavy atom. The second-order valence-corrected chi connectivity index (χ2v) is 3.65. The predicted octanol–water partition coefficient (Wildman–Crippen LogP) is 2.36. The predicted molar refractivity (Wildman–Crippen MR) is 67.5 cm³/mol. The average Bonchev–Trinajstić information content (AvgIpc) is 2.26. The van der Waals surface area contributed by atoms with Crippen LogP contribution in [0.2, 0.25) is 0 Å². The van der Waals surface area contributed by atoms with Gasteiger partial charge in [-0.15, -0.1) is 0 Å². The Morgan fingerprint density at radius 2 is 2.12 bits per heavy atom. The Labute approximate surface area is 96.2 Å². The summed E-state index contributed by atoms with van der Waals surface area (Å²) < 4.78 is 0. The summed E-state index contributed by atoms with van der Waals surface area (Å²) in [5.41, 5.74) is 8.38. The maximum atomic E-state index is 11.4. The van der Waals surface area contributed by atoms with Crippen LogP contribution in [0.5, 0.6) is 0 Å². The number of nitrogens with two attached hydrogens (primary N) is 1. The first kappa shape index (κ1) is 12.4. The first-order chi connectivity index (χ1) is 7.67. The van der Waals surface area contributed by atoms with Crippen molar-refractivity contribution in [3.63, 3.8) is 0 Å². The van der Waals surface area contributed by atoms with Crippen LogP contribution in [-0.2, 0) is 6.42 Å². The fraction of sp³-hybridized carbons (Fsp3) is 0.417. The molecule has 0 aliphatic carbocycles. The molecular formula is C12H19N3O. The van der Waals surface area contributed by atoms with Gasteiger partial charge in [0, 0.05) is 17.9 Å². The van der Waals surface area contributed by atoms with Crippen LogP contribution in [0.15, 0.2) is 18.2 Å². The Hall–Kier alpha value is -1.71. The first-order valence-corrected chi connectivity index (χ1v) is 5.60. The Kier molecular flexibility index (Phi) is 4.64. The van der Waals surface area contributed by atoms with E-state index >= 15 is 0 Å². The fourth-order valence-electron chi connectivity index (χ4n) is 1.41. The minimum atomic E-state index is -0.189. The van der Waals surface area contributed by atoms with Crippen LogP contribution in [0.1, 0.15) is 25.8 Å². The van der Waals surface area contributed by atoms with Crippen LogP contribution in [0.4, 0.5) is 16.2 Å². The minimum Gasteiger partial charge on any atom is -0.398 e. The zero-order chi connectivity index (χ0) is 12.0. The number of hydrogen-bond donors (Lipinski definition) is 3. The number of urea groups is 1. The molecule has 0 atom stereocenters. The number of benzene rings is 1. The molecule has 0 heterocycles. The fourth-order valence-corrected chi connectivity index (χ4v) is 1.41. The number of carbonyl (C=O) groups is 1. The number of hydrogen-bond acceptors (Lipinski definition) is 2. The molecule has 1 rings (SSSR count). The molecule has 0 fully saturated rings. The van der Waals surface area contributed by atoms with Gasteiger partial charge in [0.1, 0.15) is 0 Å². The Balaban J connectivity index is 2.61. The van der Waals surface area contributed by atoms with Gasteiger partial charge in [-0.3, -0.25) is 0 Å². The van der Waals surface area contributed by atoms with E-state index in [1.54, 1.807) is 6.07 Å². The van der Waals surface area contributed by atoms with Crippen LogP contribution in [0.25, 0.3) is 0 Å². The van der Waals surface area contributed by atoms with E-state index < -0.39 is 0 Å². The molecule has 0 radical (unpaired) electrons. The van der Waals surface area contributed by atoms with Crippen molar-refractivity contribution in [2.45, 2.75) is 26.7 Å². The van der Waals surface area contributed by atoms with Crippen molar-refractivity contribution in [3.05, 3.63) is 23.8 Å². The van der Waals surface area contributed by atoms with Gasteiger partial charge in [0.05, 0.1) is 0 Å². The quantitative estimate of drug-likeness (QED) is 0.683. The molecular weight excluding hydrogens is 202 g/mol. The molecule has 16 heavy (non-hydrogen) atoms. The summed E-state index contributed by atoms with van der Waals surface area (Å²) in [7, 11) is 0. The lowest BCUT2D eigenvalue weighted by Crippen LogP contribution is -2.29. The van der Waals surface area contributed by atoms with Crippen molar-refractivity contribution in [2.75, 3.05) is 17.6 Å². The molecule has 0 saturated heterocycles. The van der Waals surface area contributed by atoms with Crippen molar-refractivity contribution in [3.8, 4) is 0 Å². The SMILES string of the molecule is CCCNC(=O)Nc1ccc(CC)c(N)c1. The van der Waals surface area contributed by atoms with Gasteiger partial charge in [-0.1, -0.05) is 19.9 Å². The number of aryl methyl sites for hydroxylation is 1. The smallest absolute Gasteiger partial charge is 0.319 e. The number of nitrogen functional groups attached to an aromatic ring is 1. The summed E-state index contributed by atoms with van der Waals surface area (Å²) in [6, 6.07) is 5.39. The number of amides is 2. The molecule has 0 saturated carbocycles. The highest BCUT2D eigenvalue weighted by molar-refractivity contribution is 5.89. The lowest BCUT2D eigenvalue weighted by Gasteiger charge is -2.09. The molecule has 4 nitrogen and oxygen atoms in total. The van der Waals surface area contributed by atoms with Crippen LogP contribution >= 0.6 is 0 Å². The zero-order valence-corrected chi connectivity index (χ0v) is 9.84. The second-order valence-electron chi connectivity index (χ2n) is 3.65. The van der Waals surface area contributed by atoms with E-state index in [2.05, 4.69) is 10.6 Å². The summed E-state index contributed by atoms with van der Waals surface area (Å²) in [6.45, 7) is 4.73. The molecule has 0 aliphatic heterocycles. The summed E-state index contributed by atoms with van der Waals surface area (Å²) in [4.78, 5) is 11.4. The first-order valence-electron chi connectivity index (χ1n) is 5.60. The van der Waals surface area contributed by atoms with Gasteiger partial charge in [-0.2, -0.15) is 0 Å². The molecule has 0 aromatic heterocycles. The largest absolute Gasteiger partial charge is 0.398 e. The van der Waals surface area contributed by atoms with E-state index in [0.717, 1.165) is 29.8 Å². The molecule has 0 unspecified atom stereocenters. The highest BCUT2D eigenvalue weighted by Gasteiger charge is 2.02. The van der Waals surface area contributed by atoms with Crippen LogP contribution in [0, 0.1) is 0 Å². The maximum absolute atomic E-state index is 11.4. The third-order valence-corrected chi connectivity index (χ3v) is 2.32. The molecule has 4 heteroatoms. The van der Waals surface area contributed by atoms with Crippen molar-refractivity contribution >= 4 is 17.4 Å². The standard InChI is InChI=1S/C12H19N3O/c1-3-7-14-12(16)15-10-6-5-9(4-2)11(13)8-10/h5-6,8H,3-4,7,13H2,1-2H3,(H2,14,15,16). The van der Waals surface area contributed by atoms with Crippen molar-refractivity contribution in [1.29, 1.82) is 0 Å². The highest BCUT2D eigenvalue weighted by Crippen LogP contribution is 2.18. The summed E-state index contributed by atoms with van der Waals surface area (Å²) >= 11 is 0. The van der Waals surface area contributed by atoms with Gasteiger partial charge in [0.2, 0.25) is 0 Å². The number of anilines is 2. The highest BCUT2D eigenvalue weighted by atomic mass is 16.2. The zero-order valence-electron chi connectivity index (χ0n) is 9.84. The third kappa shape index (κ3) is 3.46. The molecule has 0 bridgehead atoms. The van der Waals surface area contributed by atoms with E-state index in [-0.39, 0.29) is 6.03 Å². The monoisotopic (exact) mass is 221 g/mol. The van der Waals surface area contributed by atoms with Crippen molar-refractivity contribution in [1.82, 2.24) is 5.32 Å². The van der Waals surface area contributed by atoms with Gasteiger partial charge in [-0.25, -0.2) is 4.79 Å². The van der Waals surface area contributed by atoms with Gasteiger partial charge < -0.3 is 16.4 Å². The second kappa shape index (κ2) is 6.00. The summed E-state index contributed by atoms with van der Waals surface area (Å²) in [6.07, 6.45) is 1.82. The molecule has 1 aromatic carbocycles. The minimum absolute atomic E-state index is 0.189. The molecule has 2 amide bonds. The topological polar surface area (TPSA) is 67.2 Å². The van der Waals surface area contributed by atoms with Gasteiger partial charge >= 0.3 is 6.03 Å². The Bertz CT molecular complexity index is 363. The Morgan fingerprint density at radius 3 is 2.69 bits per heavy atom. The number of rotatable bonds is 4. The normalized spacial score (nSPS) is 9.88. The molecule has 4 N–H and O–H groups in total. The van der Waals surface area contributed by atoms with Crippen LogP contribution in [-0.4, -0.2) is 12.6 Å². The summed E-state index contributed by atoms with van der Waals surface area (Å²) in [5.74, 6) is 0. The lowest BCUT2D eigenvalue weighted by molar-refractivity contribution is 0.252.